The number of carbonyl (C=O) groups excluding carboxylic acids is 1. The number of aliphatic hydroxyl groups excluding tert-OH is 1. The van der Waals surface area contributed by atoms with Crippen molar-refractivity contribution >= 4 is 5.97 Å². The number of carbonyl (C=O) groups is 1. The highest BCUT2D eigenvalue weighted by molar-refractivity contribution is 5.94. The molecule has 0 amide bonds. The zero-order chi connectivity index (χ0) is 13.1. The van der Waals surface area contributed by atoms with Crippen molar-refractivity contribution in [2.75, 3.05) is 13.2 Å². The van der Waals surface area contributed by atoms with Crippen LogP contribution in [0.2, 0.25) is 0 Å². The summed E-state index contributed by atoms with van der Waals surface area (Å²) in [6.07, 6.45) is 2.24. The van der Waals surface area contributed by atoms with Crippen molar-refractivity contribution < 1.29 is 14.6 Å². The number of ether oxygens (including phenoxy) is 1. The van der Waals surface area contributed by atoms with Crippen molar-refractivity contribution in [1.82, 2.24) is 0 Å². The quantitative estimate of drug-likeness (QED) is 0.764. The molecule has 4 atom stereocenters. The summed E-state index contributed by atoms with van der Waals surface area (Å²) in [5.41, 5.74) is 2.11. The highest BCUT2D eigenvalue weighted by Crippen LogP contribution is 2.62. The monoisotopic (exact) mass is 250 g/mol. The summed E-state index contributed by atoms with van der Waals surface area (Å²) in [4.78, 5) is 12.0. The van der Waals surface area contributed by atoms with Gasteiger partial charge in [0.15, 0.2) is 0 Å². The average molecular weight is 250 g/mol. The molecule has 3 rings (SSSR count). The summed E-state index contributed by atoms with van der Waals surface area (Å²) in [6.45, 7) is 7.30. The Morgan fingerprint density at radius 3 is 2.83 bits per heavy atom. The maximum atomic E-state index is 12.0. The van der Waals surface area contributed by atoms with Crippen LogP contribution in [0, 0.1) is 29.1 Å². The van der Waals surface area contributed by atoms with Crippen LogP contribution in [-0.2, 0) is 9.53 Å². The third kappa shape index (κ3) is 1.31. The number of rotatable bonds is 2. The summed E-state index contributed by atoms with van der Waals surface area (Å²) in [5, 5.41) is 9.80. The first-order valence-electron chi connectivity index (χ1n) is 7.02. The minimum atomic E-state index is -0.121. The SMILES string of the molecule is CC(C)C1CCC2(C)C3=C(C(=O)OC3)C1C2CO. The van der Waals surface area contributed by atoms with Crippen molar-refractivity contribution in [3.63, 3.8) is 0 Å². The smallest absolute Gasteiger partial charge is 0.334 e. The molecule has 1 fully saturated rings. The molecule has 0 aromatic carbocycles. The molecule has 0 saturated heterocycles. The average Bonchev–Trinajstić information content (AvgIpc) is 2.76. The number of esters is 1. The van der Waals surface area contributed by atoms with Crippen LogP contribution in [0.1, 0.15) is 33.6 Å². The van der Waals surface area contributed by atoms with Crippen LogP contribution in [0.15, 0.2) is 11.1 Å². The topological polar surface area (TPSA) is 46.5 Å². The van der Waals surface area contributed by atoms with E-state index in [-0.39, 0.29) is 29.8 Å². The molecule has 3 nitrogen and oxygen atoms in total. The summed E-state index contributed by atoms with van der Waals surface area (Å²) in [6, 6.07) is 0. The first-order valence-corrected chi connectivity index (χ1v) is 7.02. The Balaban J connectivity index is 2.09. The van der Waals surface area contributed by atoms with Crippen molar-refractivity contribution in [2.45, 2.75) is 33.6 Å². The van der Waals surface area contributed by atoms with Crippen LogP contribution in [-0.4, -0.2) is 24.3 Å². The second kappa shape index (κ2) is 3.83. The zero-order valence-corrected chi connectivity index (χ0v) is 11.4. The largest absolute Gasteiger partial charge is 0.458 e. The molecular formula is C15H22O3. The lowest BCUT2D eigenvalue weighted by Crippen LogP contribution is -2.42. The fourth-order valence-electron chi connectivity index (χ4n) is 4.61. The lowest BCUT2D eigenvalue weighted by atomic mass is 9.59. The maximum absolute atomic E-state index is 12.0. The lowest BCUT2D eigenvalue weighted by Gasteiger charge is -2.45. The van der Waals surface area contributed by atoms with E-state index in [1.165, 1.54) is 5.57 Å². The second-order valence-corrected chi connectivity index (χ2v) is 6.65. The minimum absolute atomic E-state index is 0.00764. The van der Waals surface area contributed by atoms with Gasteiger partial charge in [-0.05, 0) is 41.6 Å². The van der Waals surface area contributed by atoms with E-state index in [4.69, 9.17) is 4.74 Å². The van der Waals surface area contributed by atoms with Gasteiger partial charge < -0.3 is 9.84 Å². The van der Waals surface area contributed by atoms with Gasteiger partial charge in [0, 0.05) is 18.1 Å². The second-order valence-electron chi connectivity index (χ2n) is 6.65. The van der Waals surface area contributed by atoms with Gasteiger partial charge in [-0.15, -0.1) is 0 Å². The number of hydrogen-bond donors (Lipinski definition) is 1. The van der Waals surface area contributed by atoms with Crippen LogP contribution in [0.3, 0.4) is 0 Å². The Morgan fingerprint density at radius 1 is 1.50 bits per heavy atom. The third-order valence-corrected chi connectivity index (χ3v) is 5.68. The summed E-state index contributed by atoms with van der Waals surface area (Å²) < 4.78 is 5.25. The van der Waals surface area contributed by atoms with Crippen LogP contribution in [0.4, 0.5) is 0 Å². The first-order chi connectivity index (χ1) is 8.50. The van der Waals surface area contributed by atoms with Crippen molar-refractivity contribution in [1.29, 1.82) is 0 Å². The van der Waals surface area contributed by atoms with Gasteiger partial charge >= 0.3 is 5.97 Å². The Morgan fingerprint density at radius 2 is 2.22 bits per heavy atom. The molecule has 2 aliphatic carbocycles. The number of cyclic esters (lactones) is 1. The van der Waals surface area contributed by atoms with E-state index in [0.717, 1.165) is 18.4 Å². The van der Waals surface area contributed by atoms with E-state index in [0.29, 0.717) is 18.4 Å². The molecule has 1 N–H and O–H groups in total. The molecule has 0 spiro atoms. The van der Waals surface area contributed by atoms with Crippen molar-refractivity contribution in [3.05, 3.63) is 11.1 Å². The van der Waals surface area contributed by atoms with E-state index < -0.39 is 0 Å². The van der Waals surface area contributed by atoms with Crippen molar-refractivity contribution in [2.24, 2.45) is 29.1 Å². The van der Waals surface area contributed by atoms with Gasteiger partial charge in [-0.2, -0.15) is 0 Å². The van der Waals surface area contributed by atoms with Gasteiger partial charge in [0.1, 0.15) is 6.61 Å². The van der Waals surface area contributed by atoms with Gasteiger partial charge in [0.05, 0.1) is 0 Å². The molecule has 3 heteroatoms. The fourth-order valence-corrected chi connectivity index (χ4v) is 4.61. The molecule has 4 unspecified atom stereocenters. The molecule has 0 radical (unpaired) electrons. The van der Waals surface area contributed by atoms with Crippen LogP contribution in [0.25, 0.3) is 0 Å². The molecule has 1 heterocycles. The molecular weight excluding hydrogens is 228 g/mol. The molecule has 0 aromatic heterocycles. The van der Waals surface area contributed by atoms with E-state index >= 15 is 0 Å². The van der Waals surface area contributed by atoms with Gasteiger partial charge in [-0.3, -0.25) is 0 Å². The van der Waals surface area contributed by atoms with Crippen molar-refractivity contribution in [3.8, 4) is 0 Å². The summed E-state index contributed by atoms with van der Waals surface area (Å²) >= 11 is 0. The number of fused-ring (bicyclic) bond motifs is 4. The lowest BCUT2D eigenvalue weighted by molar-refractivity contribution is -0.138. The molecule has 1 saturated carbocycles. The minimum Gasteiger partial charge on any atom is -0.458 e. The van der Waals surface area contributed by atoms with Crippen LogP contribution < -0.4 is 0 Å². The van der Waals surface area contributed by atoms with Gasteiger partial charge in [-0.1, -0.05) is 20.8 Å². The third-order valence-electron chi connectivity index (χ3n) is 5.68. The molecule has 100 valence electrons. The molecule has 0 aromatic rings. The van der Waals surface area contributed by atoms with E-state index in [2.05, 4.69) is 20.8 Å². The predicted molar refractivity (Wildman–Crippen MR) is 67.7 cm³/mol. The number of hydrogen-bond acceptors (Lipinski definition) is 3. The van der Waals surface area contributed by atoms with Gasteiger partial charge in [0.25, 0.3) is 0 Å². The van der Waals surface area contributed by atoms with Gasteiger partial charge in [-0.25, -0.2) is 4.79 Å². The Labute approximate surface area is 108 Å². The highest BCUT2D eigenvalue weighted by Gasteiger charge is 2.59. The highest BCUT2D eigenvalue weighted by atomic mass is 16.5. The molecule has 2 bridgehead atoms. The van der Waals surface area contributed by atoms with Gasteiger partial charge in [0.2, 0.25) is 0 Å². The normalized spacial score (nSPS) is 42.5. The summed E-state index contributed by atoms with van der Waals surface area (Å²) in [5.74, 6) is 1.38. The van der Waals surface area contributed by atoms with Crippen LogP contribution >= 0.6 is 0 Å². The van der Waals surface area contributed by atoms with Crippen LogP contribution in [0.5, 0.6) is 0 Å². The Kier molecular flexibility index (Phi) is 2.60. The zero-order valence-electron chi connectivity index (χ0n) is 11.4. The first kappa shape index (κ1) is 12.2. The maximum Gasteiger partial charge on any atom is 0.334 e. The Hall–Kier alpha value is -0.830. The summed E-state index contributed by atoms with van der Waals surface area (Å²) in [7, 11) is 0. The predicted octanol–water partition coefficient (Wildman–Crippen LogP) is 2.15. The Bertz CT molecular complexity index is 423. The fraction of sp³-hybridized carbons (Fsp3) is 0.800. The molecule has 1 aliphatic heterocycles. The standard InChI is InChI=1S/C15H22O3/c1-8(2)9-4-5-15(3)10(6-16)12(9)13-11(15)7-18-14(13)17/h8-10,12,16H,4-7H2,1-3H3. The van der Waals surface area contributed by atoms with E-state index in [9.17, 15) is 9.90 Å². The van der Waals surface area contributed by atoms with E-state index in [1.54, 1.807) is 0 Å². The molecule has 3 aliphatic rings. The number of aliphatic hydroxyl groups is 1. The van der Waals surface area contributed by atoms with E-state index in [1.807, 2.05) is 0 Å². The molecule has 18 heavy (non-hydrogen) atoms.